The molecule has 3 aromatic rings. The minimum Gasteiger partial charge on any atom is -0.350 e. The molecule has 0 saturated heterocycles. The number of thiophene rings is 1. The van der Waals surface area contributed by atoms with Gasteiger partial charge in [-0.3, -0.25) is 14.4 Å². The Kier molecular flexibility index (Phi) is 6.92. The number of carbonyl (C=O) groups is 3. The van der Waals surface area contributed by atoms with E-state index in [0.717, 1.165) is 23.0 Å². The summed E-state index contributed by atoms with van der Waals surface area (Å²) in [6.45, 7) is 1.95. The summed E-state index contributed by atoms with van der Waals surface area (Å²) >= 11 is 1.09. The van der Waals surface area contributed by atoms with E-state index in [1.807, 2.05) is 30.3 Å². The fourth-order valence-electron chi connectivity index (χ4n) is 2.68. The van der Waals surface area contributed by atoms with Crippen molar-refractivity contribution in [3.8, 4) is 0 Å². The number of benzene rings is 2. The van der Waals surface area contributed by atoms with Gasteiger partial charge in [0.1, 0.15) is 5.82 Å². The van der Waals surface area contributed by atoms with E-state index in [4.69, 9.17) is 0 Å². The zero-order valence-corrected chi connectivity index (χ0v) is 17.0. The molecule has 0 aliphatic heterocycles. The molecule has 2 aromatic carbocycles. The second-order valence-electron chi connectivity index (χ2n) is 6.53. The maximum atomic E-state index is 13.3. The third kappa shape index (κ3) is 5.74. The maximum Gasteiger partial charge on any atom is 0.262 e. The molecule has 3 amide bonds. The number of amides is 3. The Hall–Kier alpha value is -3.52. The van der Waals surface area contributed by atoms with E-state index in [2.05, 4.69) is 16.0 Å². The van der Waals surface area contributed by atoms with Gasteiger partial charge in [0.05, 0.1) is 16.4 Å². The van der Waals surface area contributed by atoms with Gasteiger partial charge in [0.2, 0.25) is 5.91 Å². The lowest BCUT2D eigenvalue weighted by atomic mass is 10.2. The van der Waals surface area contributed by atoms with Crippen LogP contribution in [0.2, 0.25) is 0 Å². The summed E-state index contributed by atoms with van der Waals surface area (Å²) < 4.78 is 13.3. The molecule has 0 saturated carbocycles. The smallest absolute Gasteiger partial charge is 0.262 e. The molecule has 0 bridgehead atoms. The van der Waals surface area contributed by atoms with E-state index in [1.54, 1.807) is 13.0 Å². The van der Waals surface area contributed by atoms with E-state index in [1.165, 1.54) is 18.2 Å². The predicted octanol–water partition coefficient (Wildman–Crippen LogP) is 3.49. The van der Waals surface area contributed by atoms with E-state index in [9.17, 15) is 18.8 Å². The van der Waals surface area contributed by atoms with Crippen molar-refractivity contribution in [2.75, 3.05) is 11.9 Å². The maximum absolute atomic E-state index is 13.3. The number of hydrogen-bond donors (Lipinski definition) is 3. The molecule has 0 aliphatic rings. The Morgan fingerprint density at radius 3 is 2.43 bits per heavy atom. The zero-order valence-electron chi connectivity index (χ0n) is 16.2. The van der Waals surface area contributed by atoms with Crippen LogP contribution in [0.1, 0.15) is 31.2 Å². The molecule has 1 heterocycles. The van der Waals surface area contributed by atoms with E-state index >= 15 is 0 Å². The fourth-order valence-corrected chi connectivity index (χ4v) is 3.67. The van der Waals surface area contributed by atoms with Gasteiger partial charge in [0, 0.05) is 12.1 Å². The van der Waals surface area contributed by atoms with Crippen LogP contribution in [-0.2, 0) is 11.3 Å². The van der Waals surface area contributed by atoms with Crippen LogP contribution in [0.25, 0.3) is 0 Å². The van der Waals surface area contributed by atoms with Gasteiger partial charge in [-0.2, -0.15) is 0 Å². The highest BCUT2D eigenvalue weighted by Crippen LogP contribution is 2.27. The Morgan fingerprint density at radius 1 is 0.933 bits per heavy atom. The largest absolute Gasteiger partial charge is 0.350 e. The summed E-state index contributed by atoms with van der Waals surface area (Å²) in [4.78, 5) is 37.0. The molecule has 0 atom stereocenters. The van der Waals surface area contributed by atoms with Crippen molar-refractivity contribution in [1.82, 2.24) is 10.6 Å². The van der Waals surface area contributed by atoms with Gasteiger partial charge >= 0.3 is 0 Å². The Morgan fingerprint density at radius 2 is 1.70 bits per heavy atom. The summed E-state index contributed by atoms with van der Waals surface area (Å²) in [6, 6.07) is 16.5. The highest BCUT2D eigenvalue weighted by Gasteiger charge is 2.16. The van der Waals surface area contributed by atoms with Crippen molar-refractivity contribution in [3.05, 3.63) is 88.0 Å². The molecule has 0 aliphatic carbocycles. The molecule has 3 N–H and O–H groups in total. The summed E-state index contributed by atoms with van der Waals surface area (Å²) in [5.41, 5.74) is 1.81. The third-order valence-corrected chi connectivity index (χ3v) is 5.34. The molecule has 0 radical (unpaired) electrons. The molecule has 30 heavy (non-hydrogen) atoms. The molecule has 0 spiro atoms. The number of rotatable bonds is 7. The monoisotopic (exact) mass is 425 g/mol. The highest BCUT2D eigenvalue weighted by molar-refractivity contribution is 7.18. The first kappa shape index (κ1) is 21.2. The normalized spacial score (nSPS) is 10.3. The molecule has 6 nitrogen and oxygen atoms in total. The number of halogens is 1. The van der Waals surface area contributed by atoms with Crippen molar-refractivity contribution < 1.29 is 18.8 Å². The van der Waals surface area contributed by atoms with Crippen molar-refractivity contribution in [3.63, 3.8) is 0 Å². The zero-order chi connectivity index (χ0) is 21.5. The Balaban J connectivity index is 1.53. The lowest BCUT2D eigenvalue weighted by Crippen LogP contribution is -2.36. The molecule has 8 heteroatoms. The molecule has 1 aromatic heterocycles. The van der Waals surface area contributed by atoms with Crippen molar-refractivity contribution in [2.45, 2.75) is 13.5 Å². The quantitative estimate of drug-likeness (QED) is 0.542. The molecular formula is C22H20FN3O3S. The van der Waals surface area contributed by atoms with Crippen molar-refractivity contribution in [1.29, 1.82) is 0 Å². The molecule has 3 rings (SSSR count). The minimum atomic E-state index is -0.504. The molecule has 0 fully saturated rings. The van der Waals surface area contributed by atoms with Gasteiger partial charge in [-0.25, -0.2) is 4.39 Å². The topological polar surface area (TPSA) is 87.3 Å². The van der Waals surface area contributed by atoms with Gasteiger partial charge in [-0.1, -0.05) is 36.4 Å². The Bertz CT molecular complexity index is 1070. The summed E-state index contributed by atoms with van der Waals surface area (Å²) in [5, 5.41) is 8.43. The van der Waals surface area contributed by atoms with Gasteiger partial charge < -0.3 is 16.0 Å². The average molecular weight is 425 g/mol. The number of anilines is 1. The molecular weight excluding hydrogens is 405 g/mol. The second kappa shape index (κ2) is 9.80. The number of aryl methyl sites for hydroxylation is 1. The van der Waals surface area contributed by atoms with Crippen molar-refractivity contribution in [2.24, 2.45) is 0 Å². The average Bonchev–Trinajstić information content (AvgIpc) is 3.11. The summed E-state index contributed by atoms with van der Waals surface area (Å²) in [5.74, 6) is -1.68. The third-order valence-electron chi connectivity index (χ3n) is 4.19. The van der Waals surface area contributed by atoms with E-state index < -0.39 is 17.6 Å². The second-order valence-corrected chi connectivity index (χ2v) is 7.58. The lowest BCUT2D eigenvalue weighted by molar-refractivity contribution is -0.120. The van der Waals surface area contributed by atoms with Crippen LogP contribution in [0, 0.1) is 12.7 Å². The summed E-state index contributed by atoms with van der Waals surface area (Å²) in [6.07, 6.45) is 0. The molecule has 0 unspecified atom stereocenters. The number of nitrogens with one attached hydrogen (secondary N) is 3. The van der Waals surface area contributed by atoms with Crippen LogP contribution >= 0.6 is 11.3 Å². The first-order chi connectivity index (χ1) is 14.4. The highest BCUT2D eigenvalue weighted by atomic mass is 32.1. The van der Waals surface area contributed by atoms with Crippen LogP contribution in [-0.4, -0.2) is 24.3 Å². The fraction of sp³-hybridized carbons (Fsp3) is 0.136. The van der Waals surface area contributed by atoms with E-state index in [-0.39, 0.29) is 18.0 Å². The van der Waals surface area contributed by atoms with Gasteiger partial charge in [0.25, 0.3) is 11.8 Å². The van der Waals surface area contributed by atoms with Crippen LogP contribution < -0.4 is 16.0 Å². The van der Waals surface area contributed by atoms with Crippen LogP contribution in [0.4, 0.5) is 9.39 Å². The van der Waals surface area contributed by atoms with Gasteiger partial charge in [0.15, 0.2) is 0 Å². The predicted molar refractivity (Wildman–Crippen MR) is 114 cm³/mol. The molecule has 154 valence electrons. The first-order valence-corrected chi connectivity index (χ1v) is 10.00. The Labute approximate surface area is 177 Å². The van der Waals surface area contributed by atoms with Gasteiger partial charge in [-0.05, 0) is 42.3 Å². The van der Waals surface area contributed by atoms with E-state index in [0.29, 0.717) is 22.0 Å². The van der Waals surface area contributed by atoms with Crippen LogP contribution in [0.3, 0.4) is 0 Å². The summed E-state index contributed by atoms with van der Waals surface area (Å²) in [7, 11) is 0. The lowest BCUT2D eigenvalue weighted by Gasteiger charge is -2.07. The number of hydrogen-bond acceptors (Lipinski definition) is 4. The SMILES string of the molecule is Cc1cc(NC(=O)c2cccc(F)c2)sc1C(=O)NCC(=O)NCc1ccccc1. The van der Waals surface area contributed by atoms with Crippen molar-refractivity contribution >= 4 is 34.1 Å². The number of carbonyl (C=O) groups excluding carboxylic acids is 3. The van der Waals surface area contributed by atoms with Gasteiger partial charge in [-0.15, -0.1) is 11.3 Å². The standard InChI is InChI=1S/C22H20FN3O3S/c1-14-10-19(26-21(28)16-8-5-9-17(23)11-16)30-20(14)22(29)25-13-18(27)24-12-15-6-3-2-4-7-15/h2-11H,12-13H2,1H3,(H,24,27)(H,25,29)(H,26,28). The minimum absolute atomic E-state index is 0.159. The van der Waals surface area contributed by atoms with Crippen LogP contribution in [0.5, 0.6) is 0 Å². The first-order valence-electron chi connectivity index (χ1n) is 9.18. The van der Waals surface area contributed by atoms with Crippen LogP contribution in [0.15, 0.2) is 60.7 Å².